The molecule has 3 rings (SSSR count). The van der Waals surface area contributed by atoms with Gasteiger partial charge in [0.05, 0.1) is 12.0 Å². The van der Waals surface area contributed by atoms with Gasteiger partial charge in [-0.2, -0.15) is 0 Å². The summed E-state index contributed by atoms with van der Waals surface area (Å²) in [5.74, 6) is 0.351. The van der Waals surface area contributed by atoms with Crippen LogP contribution in [0.4, 0.5) is 0 Å². The zero-order valence-corrected chi connectivity index (χ0v) is 15.5. The second-order valence-electron chi connectivity index (χ2n) is 6.01. The third-order valence-electron chi connectivity index (χ3n) is 4.34. The highest BCUT2D eigenvalue weighted by molar-refractivity contribution is 7.92. The molecule has 0 bridgehead atoms. The van der Waals surface area contributed by atoms with E-state index in [1.165, 1.54) is 36.4 Å². The molecule has 1 saturated heterocycles. The minimum absolute atomic E-state index is 0.207. The Balaban J connectivity index is 1.77. The summed E-state index contributed by atoms with van der Waals surface area (Å²) < 4.78 is 31.0. The normalized spacial score (nSPS) is 17.5. The van der Waals surface area contributed by atoms with Crippen molar-refractivity contribution in [3.05, 3.63) is 54.1 Å². The van der Waals surface area contributed by atoms with Crippen LogP contribution < -0.4 is 15.1 Å². The minimum Gasteiger partial charge on any atom is -0.497 e. The summed E-state index contributed by atoms with van der Waals surface area (Å²) in [6, 6.07) is 12.3. The van der Waals surface area contributed by atoms with E-state index in [1.807, 2.05) is 0 Å². The second kappa shape index (κ2) is 7.95. The Kier molecular flexibility index (Phi) is 5.64. The minimum atomic E-state index is -3.61. The van der Waals surface area contributed by atoms with Gasteiger partial charge in [0.25, 0.3) is 5.91 Å². The first-order valence-electron chi connectivity index (χ1n) is 8.33. The Labute approximate surface area is 157 Å². The number of hydrogen-bond donors (Lipinski definition) is 2. The van der Waals surface area contributed by atoms with Gasteiger partial charge in [0.1, 0.15) is 11.5 Å². The van der Waals surface area contributed by atoms with Crippen molar-refractivity contribution >= 4 is 15.7 Å². The average Bonchev–Trinajstić information content (AvgIpc) is 3.17. The van der Waals surface area contributed by atoms with E-state index in [-0.39, 0.29) is 10.5 Å². The Bertz CT molecular complexity index is 896. The van der Waals surface area contributed by atoms with E-state index in [0.717, 1.165) is 0 Å². The molecule has 2 N–H and O–H groups in total. The Hall–Kier alpha value is -2.62. The van der Waals surface area contributed by atoms with Gasteiger partial charge < -0.3 is 9.57 Å². The first-order chi connectivity index (χ1) is 13.0. The van der Waals surface area contributed by atoms with Crippen LogP contribution >= 0.6 is 0 Å². The fourth-order valence-corrected chi connectivity index (χ4v) is 4.68. The van der Waals surface area contributed by atoms with E-state index in [4.69, 9.17) is 14.8 Å². The summed E-state index contributed by atoms with van der Waals surface area (Å²) in [7, 11) is -2.09. The summed E-state index contributed by atoms with van der Waals surface area (Å²) in [5, 5.41) is 9.28. The zero-order valence-electron chi connectivity index (χ0n) is 14.7. The molecule has 144 valence electrons. The number of carbonyl (C=O) groups excluding carboxylic acids is 1. The van der Waals surface area contributed by atoms with Crippen LogP contribution in [0.15, 0.2) is 53.4 Å². The first kappa shape index (κ1) is 19.2. The third kappa shape index (κ3) is 4.05. The molecule has 1 unspecified atom stereocenters. The molecule has 0 radical (unpaired) electrons. The van der Waals surface area contributed by atoms with Crippen molar-refractivity contribution in [1.82, 2.24) is 10.5 Å². The van der Waals surface area contributed by atoms with E-state index < -0.39 is 21.1 Å². The molecular weight excluding hydrogens is 372 g/mol. The maximum atomic E-state index is 13.0. The summed E-state index contributed by atoms with van der Waals surface area (Å²) in [5.41, 5.74) is 1.81. The molecule has 1 fully saturated rings. The molecule has 1 atom stereocenters. The highest BCUT2D eigenvalue weighted by Crippen LogP contribution is 2.30. The summed E-state index contributed by atoms with van der Waals surface area (Å²) in [4.78, 5) is 17.3. The monoisotopic (exact) mass is 392 g/mol. The number of ether oxygens (including phenoxy) is 1. The van der Waals surface area contributed by atoms with Crippen LogP contribution in [-0.4, -0.2) is 43.6 Å². The molecule has 1 aliphatic heterocycles. The predicted molar refractivity (Wildman–Crippen MR) is 96.2 cm³/mol. The summed E-state index contributed by atoms with van der Waals surface area (Å²) in [6.45, 7) is 0.471. The fourth-order valence-electron chi connectivity index (χ4n) is 2.91. The standard InChI is InChI=1S/C18H20N2O6S/c1-25-14-8-10-16(11-9-14)27(23,24)17-3-2-12-20(17)26-15-6-4-13(5-7-15)18(21)19-22/h4-11,17,22H,2-3,12H2,1H3,(H,19,21). The molecule has 8 nitrogen and oxygen atoms in total. The van der Waals surface area contributed by atoms with Crippen molar-refractivity contribution in [3.63, 3.8) is 0 Å². The van der Waals surface area contributed by atoms with Crippen LogP contribution in [0.3, 0.4) is 0 Å². The van der Waals surface area contributed by atoms with Crippen LogP contribution in [0.2, 0.25) is 0 Å². The number of hydrogen-bond acceptors (Lipinski definition) is 7. The van der Waals surface area contributed by atoms with Crippen LogP contribution in [0.25, 0.3) is 0 Å². The summed E-state index contributed by atoms with van der Waals surface area (Å²) >= 11 is 0. The largest absolute Gasteiger partial charge is 0.497 e. The Morgan fingerprint density at radius 2 is 1.74 bits per heavy atom. The number of rotatable bonds is 6. The van der Waals surface area contributed by atoms with Gasteiger partial charge in [0.2, 0.25) is 0 Å². The van der Waals surface area contributed by atoms with Crippen LogP contribution in [0.1, 0.15) is 23.2 Å². The van der Waals surface area contributed by atoms with Gasteiger partial charge in [-0.05, 0) is 61.4 Å². The molecule has 0 saturated carbocycles. The Morgan fingerprint density at radius 3 is 2.33 bits per heavy atom. The smallest absolute Gasteiger partial charge is 0.274 e. The molecule has 2 aromatic carbocycles. The molecule has 1 heterocycles. The number of carbonyl (C=O) groups is 1. The van der Waals surface area contributed by atoms with Crippen molar-refractivity contribution in [3.8, 4) is 11.5 Å². The topological polar surface area (TPSA) is 105 Å². The van der Waals surface area contributed by atoms with Crippen LogP contribution in [0.5, 0.6) is 11.5 Å². The van der Waals surface area contributed by atoms with Crippen molar-refractivity contribution in [2.24, 2.45) is 0 Å². The predicted octanol–water partition coefficient (Wildman–Crippen LogP) is 2.00. The van der Waals surface area contributed by atoms with E-state index in [1.54, 1.807) is 29.7 Å². The van der Waals surface area contributed by atoms with Crippen molar-refractivity contribution in [2.75, 3.05) is 13.7 Å². The number of nitrogens with zero attached hydrogens (tertiary/aromatic N) is 1. The first-order valence-corrected chi connectivity index (χ1v) is 9.87. The van der Waals surface area contributed by atoms with Crippen LogP contribution in [-0.2, 0) is 9.84 Å². The van der Waals surface area contributed by atoms with Gasteiger partial charge in [-0.1, -0.05) is 0 Å². The lowest BCUT2D eigenvalue weighted by Crippen LogP contribution is -2.38. The lowest BCUT2D eigenvalue weighted by Gasteiger charge is -2.24. The second-order valence-corrected chi connectivity index (χ2v) is 8.12. The molecule has 9 heteroatoms. The van der Waals surface area contributed by atoms with E-state index in [9.17, 15) is 13.2 Å². The fraction of sp³-hybridized carbons (Fsp3) is 0.278. The number of amides is 1. The molecule has 2 aromatic rings. The molecule has 27 heavy (non-hydrogen) atoms. The lowest BCUT2D eigenvalue weighted by molar-refractivity contribution is -0.0475. The molecule has 0 aliphatic carbocycles. The van der Waals surface area contributed by atoms with Crippen molar-refractivity contribution < 1.29 is 28.0 Å². The lowest BCUT2D eigenvalue weighted by atomic mass is 10.2. The number of nitrogens with one attached hydrogen (secondary N) is 1. The van der Waals surface area contributed by atoms with E-state index >= 15 is 0 Å². The maximum absolute atomic E-state index is 13.0. The number of benzene rings is 2. The molecular formula is C18H20N2O6S. The quantitative estimate of drug-likeness (QED) is 0.572. The SMILES string of the molecule is COc1ccc(S(=O)(=O)C2CCCN2Oc2ccc(C(=O)NO)cc2)cc1. The summed E-state index contributed by atoms with van der Waals surface area (Å²) in [6.07, 6.45) is 1.14. The van der Waals surface area contributed by atoms with Crippen molar-refractivity contribution in [2.45, 2.75) is 23.1 Å². The van der Waals surface area contributed by atoms with Gasteiger partial charge in [-0.15, -0.1) is 5.06 Å². The number of hydroxylamine groups is 3. The highest BCUT2D eigenvalue weighted by Gasteiger charge is 2.38. The maximum Gasteiger partial charge on any atom is 0.274 e. The van der Waals surface area contributed by atoms with Gasteiger partial charge >= 0.3 is 0 Å². The molecule has 0 spiro atoms. The van der Waals surface area contributed by atoms with Gasteiger partial charge in [0, 0.05) is 12.1 Å². The number of sulfone groups is 1. The Morgan fingerprint density at radius 1 is 1.11 bits per heavy atom. The molecule has 0 aromatic heterocycles. The highest BCUT2D eigenvalue weighted by atomic mass is 32.2. The van der Waals surface area contributed by atoms with Crippen LogP contribution in [0, 0.1) is 0 Å². The van der Waals surface area contributed by atoms with Crippen molar-refractivity contribution in [1.29, 1.82) is 0 Å². The number of methoxy groups -OCH3 is 1. The average molecular weight is 392 g/mol. The molecule has 1 aliphatic rings. The third-order valence-corrected chi connectivity index (χ3v) is 6.45. The molecule has 1 amide bonds. The zero-order chi connectivity index (χ0) is 19.4. The van der Waals surface area contributed by atoms with E-state index in [0.29, 0.717) is 30.9 Å². The van der Waals surface area contributed by atoms with E-state index in [2.05, 4.69) is 0 Å². The van der Waals surface area contributed by atoms with Gasteiger partial charge in [-0.25, -0.2) is 13.9 Å². The van der Waals surface area contributed by atoms with Gasteiger partial charge in [0.15, 0.2) is 15.2 Å². The van der Waals surface area contributed by atoms with Gasteiger partial charge in [-0.3, -0.25) is 10.0 Å².